The van der Waals surface area contributed by atoms with Crippen LogP contribution in [0.4, 0.5) is 4.39 Å². The first-order chi connectivity index (χ1) is 12.5. The van der Waals surface area contributed by atoms with Crippen LogP contribution in [0.3, 0.4) is 0 Å². The summed E-state index contributed by atoms with van der Waals surface area (Å²) in [6.07, 6.45) is 0.777. The van der Waals surface area contributed by atoms with Crippen molar-refractivity contribution < 1.29 is 14.0 Å². The Kier molecular flexibility index (Phi) is 5.66. The SMILES string of the molecule is Cc1cccc(C(=O)N2CCCN(C(=O)Cc3ccccc3F)CC2)c1. The summed E-state index contributed by atoms with van der Waals surface area (Å²) < 4.78 is 13.8. The van der Waals surface area contributed by atoms with Gasteiger partial charge in [-0.15, -0.1) is 0 Å². The molecule has 0 atom stereocenters. The van der Waals surface area contributed by atoms with Gasteiger partial charge in [-0.25, -0.2) is 4.39 Å². The fourth-order valence-electron chi connectivity index (χ4n) is 3.25. The number of halogens is 1. The number of aryl methyl sites for hydroxylation is 1. The molecule has 0 N–H and O–H groups in total. The van der Waals surface area contributed by atoms with Crippen molar-refractivity contribution in [2.45, 2.75) is 19.8 Å². The molecule has 1 aliphatic heterocycles. The predicted molar refractivity (Wildman–Crippen MR) is 98.4 cm³/mol. The maximum Gasteiger partial charge on any atom is 0.253 e. The van der Waals surface area contributed by atoms with Gasteiger partial charge in [0.2, 0.25) is 5.91 Å². The predicted octanol–water partition coefficient (Wildman–Crippen LogP) is 3.05. The Bertz CT molecular complexity index is 806. The number of rotatable bonds is 3. The van der Waals surface area contributed by atoms with Crippen LogP contribution in [0.15, 0.2) is 48.5 Å². The molecule has 2 aromatic rings. The zero-order valence-electron chi connectivity index (χ0n) is 15.0. The van der Waals surface area contributed by atoms with E-state index >= 15 is 0 Å². The van der Waals surface area contributed by atoms with Crippen LogP contribution >= 0.6 is 0 Å². The van der Waals surface area contributed by atoms with Gasteiger partial charge in [-0.2, -0.15) is 0 Å². The van der Waals surface area contributed by atoms with Crippen LogP contribution in [-0.2, 0) is 11.2 Å². The average Bonchev–Trinajstić information content (AvgIpc) is 2.89. The molecular formula is C21H23FN2O2. The monoisotopic (exact) mass is 354 g/mol. The fourth-order valence-corrected chi connectivity index (χ4v) is 3.25. The summed E-state index contributed by atoms with van der Waals surface area (Å²) in [5.41, 5.74) is 2.14. The van der Waals surface area contributed by atoms with Gasteiger partial charge in [0.1, 0.15) is 5.82 Å². The van der Waals surface area contributed by atoms with Crippen LogP contribution < -0.4 is 0 Å². The van der Waals surface area contributed by atoms with E-state index in [9.17, 15) is 14.0 Å². The lowest BCUT2D eigenvalue weighted by atomic mass is 10.1. The van der Waals surface area contributed by atoms with Crippen LogP contribution in [0.1, 0.15) is 27.9 Å². The Labute approximate surface area is 153 Å². The van der Waals surface area contributed by atoms with Crippen LogP contribution in [0.2, 0.25) is 0 Å². The highest BCUT2D eigenvalue weighted by atomic mass is 19.1. The number of amides is 2. The molecule has 0 unspecified atom stereocenters. The van der Waals surface area contributed by atoms with E-state index in [0.717, 1.165) is 12.0 Å². The first-order valence-corrected chi connectivity index (χ1v) is 8.92. The standard InChI is InChI=1S/C21H23FN2O2/c1-16-6-4-8-18(14-16)21(26)24-11-5-10-23(12-13-24)20(25)15-17-7-2-3-9-19(17)22/h2-4,6-9,14H,5,10-13,15H2,1H3. The summed E-state index contributed by atoms with van der Waals surface area (Å²) in [6.45, 7) is 4.14. The summed E-state index contributed by atoms with van der Waals surface area (Å²) >= 11 is 0. The molecule has 1 aliphatic rings. The minimum absolute atomic E-state index is 0.00268. The van der Waals surface area contributed by atoms with Crippen molar-refractivity contribution in [2.24, 2.45) is 0 Å². The number of benzene rings is 2. The van der Waals surface area contributed by atoms with Gasteiger partial charge in [0.25, 0.3) is 5.91 Å². The number of hydrogen-bond donors (Lipinski definition) is 0. The van der Waals surface area contributed by atoms with E-state index in [4.69, 9.17) is 0 Å². The van der Waals surface area contributed by atoms with Crippen LogP contribution in [0.5, 0.6) is 0 Å². The van der Waals surface area contributed by atoms with Crippen molar-refractivity contribution in [2.75, 3.05) is 26.2 Å². The Morgan fingerprint density at radius 3 is 2.46 bits per heavy atom. The molecule has 26 heavy (non-hydrogen) atoms. The van der Waals surface area contributed by atoms with Gasteiger partial charge in [-0.3, -0.25) is 9.59 Å². The zero-order chi connectivity index (χ0) is 18.5. The minimum Gasteiger partial charge on any atom is -0.341 e. The summed E-state index contributed by atoms with van der Waals surface area (Å²) in [4.78, 5) is 28.7. The molecule has 136 valence electrons. The molecule has 0 spiro atoms. The molecule has 2 amide bonds. The molecule has 0 bridgehead atoms. The molecule has 1 fully saturated rings. The molecule has 0 saturated carbocycles. The second kappa shape index (κ2) is 8.13. The largest absolute Gasteiger partial charge is 0.341 e. The summed E-state index contributed by atoms with van der Waals surface area (Å²) in [7, 11) is 0. The second-order valence-electron chi connectivity index (χ2n) is 6.66. The zero-order valence-corrected chi connectivity index (χ0v) is 15.0. The van der Waals surface area contributed by atoms with E-state index in [1.165, 1.54) is 6.07 Å². The van der Waals surface area contributed by atoms with E-state index in [1.807, 2.05) is 31.2 Å². The Hall–Kier alpha value is -2.69. The second-order valence-corrected chi connectivity index (χ2v) is 6.66. The number of hydrogen-bond acceptors (Lipinski definition) is 2. The quantitative estimate of drug-likeness (QED) is 0.850. The summed E-state index contributed by atoms with van der Waals surface area (Å²) in [5.74, 6) is -0.455. The van der Waals surface area contributed by atoms with Gasteiger partial charge in [-0.1, -0.05) is 35.9 Å². The van der Waals surface area contributed by atoms with Crippen molar-refractivity contribution in [3.05, 3.63) is 71.0 Å². The third-order valence-electron chi connectivity index (χ3n) is 4.70. The third-order valence-corrected chi connectivity index (χ3v) is 4.70. The normalized spacial score (nSPS) is 14.8. The molecule has 1 heterocycles. The first-order valence-electron chi connectivity index (χ1n) is 8.92. The third kappa shape index (κ3) is 4.28. The molecule has 5 heteroatoms. The van der Waals surface area contributed by atoms with Crippen LogP contribution in [0.25, 0.3) is 0 Å². The van der Waals surface area contributed by atoms with Gasteiger partial charge < -0.3 is 9.80 Å². The molecule has 0 aliphatic carbocycles. The lowest BCUT2D eigenvalue weighted by Gasteiger charge is -2.22. The van der Waals surface area contributed by atoms with Crippen LogP contribution in [-0.4, -0.2) is 47.8 Å². The minimum atomic E-state index is -0.355. The lowest BCUT2D eigenvalue weighted by Crippen LogP contribution is -2.38. The van der Waals surface area contributed by atoms with Gasteiger partial charge in [0, 0.05) is 31.7 Å². The van der Waals surface area contributed by atoms with Crippen molar-refractivity contribution in [1.29, 1.82) is 0 Å². The smallest absolute Gasteiger partial charge is 0.253 e. The first kappa shape index (κ1) is 18.1. The summed E-state index contributed by atoms with van der Waals surface area (Å²) in [6, 6.07) is 13.9. The Morgan fingerprint density at radius 2 is 1.69 bits per heavy atom. The maximum absolute atomic E-state index is 13.8. The van der Waals surface area contributed by atoms with E-state index in [2.05, 4.69) is 0 Å². The fraction of sp³-hybridized carbons (Fsp3) is 0.333. The number of carbonyl (C=O) groups excluding carboxylic acids is 2. The van der Waals surface area contributed by atoms with Crippen molar-refractivity contribution in [3.63, 3.8) is 0 Å². The lowest BCUT2D eigenvalue weighted by molar-refractivity contribution is -0.130. The number of carbonyl (C=O) groups is 2. The van der Waals surface area contributed by atoms with E-state index in [1.54, 1.807) is 28.0 Å². The molecule has 0 radical (unpaired) electrons. The molecule has 4 nitrogen and oxygen atoms in total. The van der Waals surface area contributed by atoms with Crippen molar-refractivity contribution in [1.82, 2.24) is 9.80 Å². The highest BCUT2D eigenvalue weighted by molar-refractivity contribution is 5.94. The number of nitrogens with zero attached hydrogens (tertiary/aromatic N) is 2. The van der Waals surface area contributed by atoms with Crippen molar-refractivity contribution >= 4 is 11.8 Å². The van der Waals surface area contributed by atoms with Gasteiger partial charge in [-0.05, 0) is 37.1 Å². The van der Waals surface area contributed by atoms with Crippen molar-refractivity contribution in [3.8, 4) is 0 Å². The van der Waals surface area contributed by atoms with E-state index < -0.39 is 0 Å². The molecule has 1 saturated heterocycles. The highest BCUT2D eigenvalue weighted by Gasteiger charge is 2.23. The summed E-state index contributed by atoms with van der Waals surface area (Å²) in [5, 5.41) is 0. The van der Waals surface area contributed by atoms with Crippen LogP contribution in [0, 0.1) is 12.7 Å². The average molecular weight is 354 g/mol. The molecule has 2 aromatic carbocycles. The topological polar surface area (TPSA) is 40.6 Å². The highest BCUT2D eigenvalue weighted by Crippen LogP contribution is 2.13. The molecule has 3 rings (SSSR count). The van der Waals surface area contributed by atoms with Gasteiger partial charge in [0.15, 0.2) is 0 Å². The Balaban J connectivity index is 1.62. The maximum atomic E-state index is 13.8. The molecule has 0 aromatic heterocycles. The van der Waals surface area contributed by atoms with E-state index in [-0.39, 0.29) is 24.1 Å². The Morgan fingerprint density at radius 1 is 0.962 bits per heavy atom. The van der Waals surface area contributed by atoms with Gasteiger partial charge in [0.05, 0.1) is 6.42 Å². The van der Waals surface area contributed by atoms with Gasteiger partial charge >= 0.3 is 0 Å². The molecular weight excluding hydrogens is 331 g/mol. The van der Waals surface area contributed by atoms with E-state index in [0.29, 0.717) is 37.3 Å².